The fourth-order valence-electron chi connectivity index (χ4n) is 4.55. The van der Waals surface area contributed by atoms with Gasteiger partial charge in [-0.15, -0.1) is 0 Å². The van der Waals surface area contributed by atoms with Gasteiger partial charge in [-0.1, -0.05) is 25.7 Å². The Balaban J connectivity index is 1.46. The van der Waals surface area contributed by atoms with Crippen molar-refractivity contribution in [2.45, 2.75) is 70.4 Å². The number of rotatable bonds is 5. The highest BCUT2D eigenvalue weighted by Gasteiger charge is 2.28. The molecule has 0 radical (unpaired) electrons. The lowest BCUT2D eigenvalue weighted by Crippen LogP contribution is -2.49. The van der Waals surface area contributed by atoms with Crippen LogP contribution in [0.4, 0.5) is 5.69 Å². The predicted molar refractivity (Wildman–Crippen MR) is 122 cm³/mol. The molecule has 1 aromatic carbocycles. The summed E-state index contributed by atoms with van der Waals surface area (Å²) in [4.78, 5) is 16.7. The van der Waals surface area contributed by atoms with Gasteiger partial charge in [-0.3, -0.25) is 0 Å². The van der Waals surface area contributed by atoms with Crippen LogP contribution in [0.1, 0.15) is 68.6 Å². The number of esters is 1. The lowest BCUT2D eigenvalue weighted by Gasteiger charge is -2.41. The number of benzene rings is 1. The Morgan fingerprint density at radius 1 is 1.07 bits per heavy atom. The molecular weight excluding hydrogens is 382 g/mol. The Morgan fingerprint density at radius 3 is 2.24 bits per heavy atom. The molecule has 2 fully saturated rings. The molecule has 1 saturated carbocycles. The smallest absolute Gasteiger partial charge is 0.338 e. The molecule has 1 saturated heterocycles. The molecule has 0 unspecified atom stereocenters. The summed E-state index contributed by atoms with van der Waals surface area (Å²) in [6.07, 6.45) is 10.6. The van der Waals surface area contributed by atoms with Crippen LogP contribution in [-0.2, 0) is 4.74 Å². The highest BCUT2D eigenvalue weighted by molar-refractivity contribution is 7.80. The summed E-state index contributed by atoms with van der Waals surface area (Å²) in [6, 6.07) is 8.74. The SMILES string of the molecule is CCOC(=O)c1ccc(NC(=S)N2CCC(N(C)C3CCCCCC3)CC2)cc1. The van der Waals surface area contributed by atoms with E-state index in [1.165, 1.54) is 38.5 Å². The molecule has 1 aromatic rings. The maximum atomic E-state index is 11.8. The maximum Gasteiger partial charge on any atom is 0.338 e. The van der Waals surface area contributed by atoms with Crippen LogP contribution in [0.5, 0.6) is 0 Å². The van der Waals surface area contributed by atoms with Gasteiger partial charge in [0.2, 0.25) is 0 Å². The number of hydrogen-bond acceptors (Lipinski definition) is 4. The number of likely N-dealkylation sites (tertiary alicyclic amines) is 1. The quantitative estimate of drug-likeness (QED) is 0.426. The number of carbonyl (C=O) groups is 1. The van der Waals surface area contributed by atoms with E-state index in [-0.39, 0.29) is 5.97 Å². The van der Waals surface area contributed by atoms with Crippen LogP contribution in [0, 0.1) is 0 Å². The molecular formula is C23H35N3O2S. The second-order valence-electron chi connectivity index (χ2n) is 8.26. The van der Waals surface area contributed by atoms with Crippen molar-refractivity contribution in [3.05, 3.63) is 29.8 Å². The van der Waals surface area contributed by atoms with Gasteiger partial charge in [0.25, 0.3) is 0 Å². The van der Waals surface area contributed by atoms with Gasteiger partial charge in [0, 0.05) is 30.9 Å². The van der Waals surface area contributed by atoms with Crippen molar-refractivity contribution in [3.63, 3.8) is 0 Å². The number of carbonyl (C=O) groups excluding carboxylic acids is 1. The lowest BCUT2D eigenvalue weighted by atomic mass is 9.99. The van der Waals surface area contributed by atoms with Crippen LogP contribution in [-0.4, -0.2) is 59.7 Å². The first kappa shape index (κ1) is 22.0. The van der Waals surface area contributed by atoms with Crippen LogP contribution in [0.15, 0.2) is 24.3 Å². The Labute approximate surface area is 180 Å². The molecule has 0 aromatic heterocycles. The average Bonchev–Trinajstić information content (AvgIpc) is 3.03. The number of hydrogen-bond donors (Lipinski definition) is 1. The number of nitrogens with zero attached hydrogens (tertiary/aromatic N) is 2. The minimum Gasteiger partial charge on any atom is -0.462 e. The van der Waals surface area contributed by atoms with Crippen LogP contribution < -0.4 is 5.32 Å². The van der Waals surface area contributed by atoms with E-state index in [4.69, 9.17) is 17.0 Å². The van der Waals surface area contributed by atoms with Crippen LogP contribution in [0.25, 0.3) is 0 Å². The summed E-state index contributed by atoms with van der Waals surface area (Å²) in [5.41, 5.74) is 1.46. The zero-order valence-corrected chi connectivity index (χ0v) is 18.7. The molecule has 29 heavy (non-hydrogen) atoms. The summed E-state index contributed by atoms with van der Waals surface area (Å²) < 4.78 is 5.03. The molecule has 0 atom stereocenters. The van der Waals surface area contributed by atoms with E-state index in [1.807, 2.05) is 19.1 Å². The van der Waals surface area contributed by atoms with Gasteiger partial charge in [0.05, 0.1) is 12.2 Å². The van der Waals surface area contributed by atoms with Gasteiger partial charge in [-0.2, -0.15) is 0 Å². The molecule has 1 N–H and O–H groups in total. The third kappa shape index (κ3) is 6.16. The summed E-state index contributed by atoms with van der Waals surface area (Å²) >= 11 is 5.64. The van der Waals surface area contributed by atoms with E-state index in [9.17, 15) is 4.79 Å². The predicted octanol–water partition coefficient (Wildman–Crippen LogP) is 4.68. The van der Waals surface area contributed by atoms with E-state index in [0.717, 1.165) is 42.8 Å². The highest BCUT2D eigenvalue weighted by Crippen LogP contribution is 2.26. The summed E-state index contributed by atoms with van der Waals surface area (Å²) in [5, 5.41) is 4.09. The van der Waals surface area contributed by atoms with Crippen molar-refractivity contribution in [1.29, 1.82) is 0 Å². The van der Waals surface area contributed by atoms with E-state index in [2.05, 4.69) is 22.2 Å². The standard InChI is InChI=1S/C23H35N3O2S/c1-3-28-22(27)18-10-12-19(13-11-18)24-23(29)26-16-14-21(15-17-26)25(2)20-8-6-4-5-7-9-20/h10-13,20-21H,3-9,14-17H2,1-2H3,(H,24,29). The zero-order chi connectivity index (χ0) is 20.6. The number of ether oxygens (including phenoxy) is 1. The normalized spacial score (nSPS) is 19.1. The third-order valence-electron chi connectivity index (χ3n) is 6.38. The Morgan fingerprint density at radius 2 is 1.66 bits per heavy atom. The molecule has 3 rings (SSSR count). The van der Waals surface area contributed by atoms with E-state index in [0.29, 0.717) is 18.2 Å². The lowest BCUT2D eigenvalue weighted by molar-refractivity contribution is 0.0526. The molecule has 5 nitrogen and oxygen atoms in total. The Kier molecular flexibility index (Phi) is 8.30. The molecule has 0 spiro atoms. The maximum absolute atomic E-state index is 11.8. The molecule has 160 valence electrons. The van der Waals surface area contributed by atoms with Gasteiger partial charge in [0.15, 0.2) is 5.11 Å². The monoisotopic (exact) mass is 417 g/mol. The van der Waals surface area contributed by atoms with Gasteiger partial charge in [-0.05, 0) is 76.1 Å². The number of anilines is 1. The van der Waals surface area contributed by atoms with Gasteiger partial charge >= 0.3 is 5.97 Å². The van der Waals surface area contributed by atoms with Crippen LogP contribution >= 0.6 is 12.2 Å². The molecule has 0 amide bonds. The number of thiocarbonyl (C=S) groups is 1. The summed E-state index contributed by atoms with van der Waals surface area (Å²) in [7, 11) is 2.33. The first-order chi connectivity index (χ1) is 14.1. The second-order valence-corrected chi connectivity index (χ2v) is 8.64. The van der Waals surface area contributed by atoms with Crippen LogP contribution in [0.2, 0.25) is 0 Å². The first-order valence-electron chi connectivity index (χ1n) is 11.1. The van der Waals surface area contributed by atoms with Crippen molar-refractivity contribution in [3.8, 4) is 0 Å². The second kappa shape index (κ2) is 10.9. The zero-order valence-electron chi connectivity index (χ0n) is 17.9. The molecule has 1 aliphatic heterocycles. The van der Waals surface area contributed by atoms with Crippen molar-refractivity contribution in [2.24, 2.45) is 0 Å². The van der Waals surface area contributed by atoms with E-state index < -0.39 is 0 Å². The molecule has 0 bridgehead atoms. The number of nitrogens with one attached hydrogen (secondary N) is 1. The molecule has 1 heterocycles. The minimum absolute atomic E-state index is 0.290. The molecule has 6 heteroatoms. The van der Waals surface area contributed by atoms with E-state index >= 15 is 0 Å². The Hall–Kier alpha value is -1.66. The van der Waals surface area contributed by atoms with Crippen molar-refractivity contribution in [2.75, 3.05) is 32.1 Å². The van der Waals surface area contributed by atoms with Gasteiger partial charge in [-0.25, -0.2) is 4.79 Å². The fourth-order valence-corrected chi connectivity index (χ4v) is 4.85. The van der Waals surface area contributed by atoms with Gasteiger partial charge < -0.3 is 19.9 Å². The van der Waals surface area contributed by atoms with Crippen LogP contribution in [0.3, 0.4) is 0 Å². The summed E-state index contributed by atoms with van der Waals surface area (Å²) in [5.74, 6) is -0.290. The summed E-state index contributed by atoms with van der Waals surface area (Å²) in [6.45, 7) is 4.18. The number of piperidine rings is 1. The third-order valence-corrected chi connectivity index (χ3v) is 6.74. The largest absolute Gasteiger partial charge is 0.462 e. The minimum atomic E-state index is -0.290. The van der Waals surface area contributed by atoms with Crippen molar-refractivity contribution in [1.82, 2.24) is 9.80 Å². The fraction of sp³-hybridized carbons (Fsp3) is 0.652. The Bertz CT molecular complexity index is 663. The topological polar surface area (TPSA) is 44.8 Å². The molecule has 2 aliphatic rings. The average molecular weight is 418 g/mol. The van der Waals surface area contributed by atoms with Crippen molar-refractivity contribution >= 4 is 29.0 Å². The highest BCUT2D eigenvalue weighted by atomic mass is 32.1. The van der Waals surface area contributed by atoms with Gasteiger partial charge in [0.1, 0.15) is 0 Å². The van der Waals surface area contributed by atoms with Crippen molar-refractivity contribution < 1.29 is 9.53 Å². The van der Waals surface area contributed by atoms with E-state index in [1.54, 1.807) is 12.1 Å². The molecule has 1 aliphatic carbocycles. The first-order valence-corrected chi connectivity index (χ1v) is 11.5.